The van der Waals surface area contributed by atoms with Crippen LogP contribution in [0.2, 0.25) is 0 Å². The van der Waals surface area contributed by atoms with E-state index < -0.39 is 30.4 Å². The average molecular weight is 463 g/mol. The Hall–Kier alpha value is -4.33. The molecule has 0 bridgehead atoms. The Bertz CT molecular complexity index is 1120. The van der Waals surface area contributed by atoms with Crippen LogP contribution in [0.15, 0.2) is 78.9 Å². The molecule has 3 rings (SSSR count). The Morgan fingerprint density at radius 1 is 0.912 bits per heavy atom. The van der Waals surface area contributed by atoms with Gasteiger partial charge in [-0.1, -0.05) is 54.6 Å². The first-order valence-corrected chi connectivity index (χ1v) is 10.6. The van der Waals surface area contributed by atoms with E-state index >= 15 is 0 Å². The normalized spacial score (nSPS) is 11.1. The van der Waals surface area contributed by atoms with E-state index in [1.54, 1.807) is 66.7 Å². The standard InChI is InChI=1S/C26H26N2O6/c1-18-13-14-22(32-2)21(15-18)28-26(31)25(19-9-5-3-6-10-19)34-24(30)16-27-23(29)17-33-20-11-7-4-8-12-20/h3-15,25H,16-17H2,1-2H3,(H,27,29)(H,28,31)/t25-/m0/s1. The summed E-state index contributed by atoms with van der Waals surface area (Å²) in [5.41, 5.74) is 1.86. The molecule has 0 aromatic heterocycles. The monoisotopic (exact) mass is 462 g/mol. The summed E-state index contributed by atoms with van der Waals surface area (Å²) < 4.78 is 16.1. The fourth-order valence-electron chi connectivity index (χ4n) is 3.08. The summed E-state index contributed by atoms with van der Waals surface area (Å²) >= 11 is 0. The first-order valence-electron chi connectivity index (χ1n) is 10.6. The highest BCUT2D eigenvalue weighted by Gasteiger charge is 2.26. The van der Waals surface area contributed by atoms with Crippen molar-refractivity contribution in [3.63, 3.8) is 0 Å². The highest BCUT2D eigenvalue weighted by Crippen LogP contribution is 2.27. The summed E-state index contributed by atoms with van der Waals surface area (Å²) in [5, 5.41) is 5.19. The van der Waals surface area contributed by atoms with Crippen LogP contribution in [0.1, 0.15) is 17.2 Å². The molecule has 176 valence electrons. The number of hydrogen-bond acceptors (Lipinski definition) is 6. The molecule has 0 heterocycles. The SMILES string of the molecule is COc1ccc(C)cc1NC(=O)[C@@H](OC(=O)CNC(=O)COc1ccccc1)c1ccccc1. The van der Waals surface area contributed by atoms with Crippen LogP contribution in [0.25, 0.3) is 0 Å². The second-order valence-electron chi connectivity index (χ2n) is 7.35. The van der Waals surface area contributed by atoms with Crippen LogP contribution in [-0.4, -0.2) is 38.0 Å². The van der Waals surface area contributed by atoms with Crippen LogP contribution in [0.5, 0.6) is 11.5 Å². The van der Waals surface area contributed by atoms with E-state index in [0.29, 0.717) is 22.7 Å². The molecule has 3 aromatic rings. The number of nitrogens with one attached hydrogen (secondary N) is 2. The Kier molecular flexibility index (Phi) is 8.62. The molecule has 0 fully saturated rings. The molecule has 8 heteroatoms. The topological polar surface area (TPSA) is 103 Å². The van der Waals surface area contributed by atoms with E-state index in [1.807, 2.05) is 19.1 Å². The number of rotatable bonds is 10. The molecule has 2 N–H and O–H groups in total. The second-order valence-corrected chi connectivity index (χ2v) is 7.35. The van der Waals surface area contributed by atoms with Gasteiger partial charge in [0.2, 0.25) is 6.10 Å². The van der Waals surface area contributed by atoms with Crippen LogP contribution in [-0.2, 0) is 19.1 Å². The highest BCUT2D eigenvalue weighted by atomic mass is 16.5. The van der Waals surface area contributed by atoms with Crippen molar-refractivity contribution in [2.24, 2.45) is 0 Å². The number of amides is 2. The van der Waals surface area contributed by atoms with Gasteiger partial charge in [-0.25, -0.2) is 0 Å². The van der Waals surface area contributed by atoms with Gasteiger partial charge in [0.05, 0.1) is 12.8 Å². The van der Waals surface area contributed by atoms with Crippen LogP contribution in [0, 0.1) is 6.92 Å². The fraction of sp³-hybridized carbons (Fsp3) is 0.192. The number of para-hydroxylation sites is 1. The van der Waals surface area contributed by atoms with Gasteiger partial charge in [0.1, 0.15) is 18.0 Å². The summed E-state index contributed by atoms with van der Waals surface area (Å²) in [6, 6.07) is 22.8. The number of ether oxygens (including phenoxy) is 3. The predicted molar refractivity (Wildman–Crippen MR) is 127 cm³/mol. The third kappa shape index (κ3) is 7.09. The minimum atomic E-state index is -1.23. The number of carbonyl (C=O) groups is 3. The van der Waals surface area contributed by atoms with Gasteiger partial charge in [-0.15, -0.1) is 0 Å². The molecular formula is C26H26N2O6. The van der Waals surface area contributed by atoms with Gasteiger partial charge in [0, 0.05) is 5.56 Å². The van der Waals surface area contributed by atoms with Crippen LogP contribution in [0.4, 0.5) is 5.69 Å². The Balaban J connectivity index is 1.62. The van der Waals surface area contributed by atoms with Gasteiger partial charge in [0.15, 0.2) is 6.61 Å². The maximum absolute atomic E-state index is 13.1. The van der Waals surface area contributed by atoms with E-state index in [2.05, 4.69) is 10.6 Å². The molecule has 1 atom stereocenters. The molecule has 0 saturated carbocycles. The molecule has 0 spiro atoms. The molecule has 0 aliphatic heterocycles. The quantitative estimate of drug-likeness (QED) is 0.448. The fourth-order valence-corrected chi connectivity index (χ4v) is 3.08. The van der Waals surface area contributed by atoms with E-state index in [1.165, 1.54) is 7.11 Å². The molecule has 0 unspecified atom stereocenters. The molecule has 3 aromatic carbocycles. The lowest BCUT2D eigenvalue weighted by atomic mass is 10.1. The Morgan fingerprint density at radius 2 is 1.59 bits per heavy atom. The Labute approximate surface area is 197 Å². The van der Waals surface area contributed by atoms with Gasteiger partial charge in [0.25, 0.3) is 11.8 Å². The van der Waals surface area contributed by atoms with E-state index in [4.69, 9.17) is 14.2 Å². The van der Waals surface area contributed by atoms with Gasteiger partial charge in [-0.2, -0.15) is 0 Å². The van der Waals surface area contributed by atoms with Crippen molar-refractivity contribution in [2.75, 3.05) is 25.6 Å². The number of hydrogen-bond donors (Lipinski definition) is 2. The molecule has 0 aliphatic rings. The minimum absolute atomic E-state index is 0.257. The van der Waals surface area contributed by atoms with Crippen molar-refractivity contribution in [1.29, 1.82) is 0 Å². The molecular weight excluding hydrogens is 436 g/mol. The van der Waals surface area contributed by atoms with E-state index in [9.17, 15) is 14.4 Å². The van der Waals surface area contributed by atoms with Crippen molar-refractivity contribution in [2.45, 2.75) is 13.0 Å². The molecule has 34 heavy (non-hydrogen) atoms. The van der Waals surface area contributed by atoms with Crippen LogP contribution >= 0.6 is 0 Å². The van der Waals surface area contributed by atoms with Gasteiger partial charge < -0.3 is 24.8 Å². The third-order valence-electron chi connectivity index (χ3n) is 4.75. The molecule has 0 saturated heterocycles. The number of aryl methyl sites for hydroxylation is 1. The predicted octanol–water partition coefficient (Wildman–Crippen LogP) is 3.42. The lowest BCUT2D eigenvalue weighted by Crippen LogP contribution is -2.36. The Morgan fingerprint density at radius 3 is 2.26 bits per heavy atom. The van der Waals surface area contributed by atoms with Gasteiger partial charge in [-0.3, -0.25) is 14.4 Å². The largest absolute Gasteiger partial charge is 0.495 e. The van der Waals surface area contributed by atoms with Crippen LogP contribution < -0.4 is 20.1 Å². The number of benzene rings is 3. The highest BCUT2D eigenvalue weighted by molar-refractivity contribution is 5.97. The van der Waals surface area contributed by atoms with E-state index in [0.717, 1.165) is 5.56 Å². The molecule has 2 amide bonds. The number of anilines is 1. The van der Waals surface area contributed by atoms with E-state index in [-0.39, 0.29) is 6.61 Å². The summed E-state index contributed by atoms with van der Waals surface area (Å²) in [4.78, 5) is 37.5. The summed E-state index contributed by atoms with van der Waals surface area (Å²) in [6.45, 7) is 1.21. The first-order chi connectivity index (χ1) is 16.5. The lowest BCUT2D eigenvalue weighted by Gasteiger charge is -2.19. The zero-order valence-electron chi connectivity index (χ0n) is 18.9. The third-order valence-corrected chi connectivity index (χ3v) is 4.75. The lowest BCUT2D eigenvalue weighted by molar-refractivity contribution is -0.154. The number of carbonyl (C=O) groups excluding carboxylic acids is 3. The smallest absolute Gasteiger partial charge is 0.326 e. The zero-order chi connectivity index (χ0) is 24.3. The second kappa shape index (κ2) is 12.1. The summed E-state index contributed by atoms with van der Waals surface area (Å²) in [5.74, 6) is -0.808. The average Bonchev–Trinajstić information content (AvgIpc) is 2.86. The van der Waals surface area contributed by atoms with Crippen molar-refractivity contribution in [1.82, 2.24) is 5.32 Å². The molecule has 0 aliphatic carbocycles. The van der Waals surface area contributed by atoms with Crippen LogP contribution in [0.3, 0.4) is 0 Å². The maximum Gasteiger partial charge on any atom is 0.326 e. The maximum atomic E-state index is 13.1. The molecule has 8 nitrogen and oxygen atoms in total. The minimum Gasteiger partial charge on any atom is -0.495 e. The summed E-state index contributed by atoms with van der Waals surface area (Å²) in [6.07, 6.45) is -1.23. The number of esters is 1. The summed E-state index contributed by atoms with van der Waals surface area (Å²) in [7, 11) is 1.50. The van der Waals surface area contributed by atoms with Gasteiger partial charge >= 0.3 is 5.97 Å². The van der Waals surface area contributed by atoms with Gasteiger partial charge in [-0.05, 0) is 36.8 Å². The zero-order valence-corrected chi connectivity index (χ0v) is 18.9. The van der Waals surface area contributed by atoms with Crippen molar-refractivity contribution in [3.8, 4) is 11.5 Å². The molecule has 0 radical (unpaired) electrons. The number of methoxy groups -OCH3 is 1. The van der Waals surface area contributed by atoms with Crippen molar-refractivity contribution >= 4 is 23.5 Å². The van der Waals surface area contributed by atoms with Crippen molar-refractivity contribution in [3.05, 3.63) is 90.0 Å². The first kappa shape index (κ1) is 24.3. The van der Waals surface area contributed by atoms with Crippen molar-refractivity contribution < 1.29 is 28.6 Å².